The van der Waals surface area contributed by atoms with E-state index in [0.29, 0.717) is 31.4 Å². The minimum atomic E-state index is -0.172. The lowest BCUT2D eigenvalue weighted by atomic mass is 9.98. The SMILES string of the molecule is O=C(Nc1ccccc1N1CCOCC1)c1csc(C2CCN(C(=S)NCc3ccco3)CC2)n1. The molecule has 184 valence electrons. The molecule has 0 bridgehead atoms. The molecular weight excluding hydrogens is 482 g/mol. The molecule has 2 aliphatic rings. The van der Waals surface area contributed by atoms with Crippen molar-refractivity contribution in [3.63, 3.8) is 0 Å². The number of para-hydroxylation sites is 2. The molecule has 0 saturated carbocycles. The van der Waals surface area contributed by atoms with Gasteiger partial charge in [-0.25, -0.2) is 4.98 Å². The summed E-state index contributed by atoms with van der Waals surface area (Å²) >= 11 is 7.12. The Morgan fingerprint density at radius 1 is 1.11 bits per heavy atom. The number of rotatable bonds is 6. The van der Waals surface area contributed by atoms with Crippen LogP contribution < -0.4 is 15.5 Å². The van der Waals surface area contributed by atoms with Gasteiger partial charge in [0.15, 0.2) is 5.11 Å². The van der Waals surface area contributed by atoms with E-state index in [1.54, 1.807) is 17.6 Å². The maximum atomic E-state index is 13.0. The number of benzene rings is 1. The van der Waals surface area contributed by atoms with Crippen LogP contribution in [-0.2, 0) is 11.3 Å². The fourth-order valence-electron chi connectivity index (χ4n) is 4.44. The van der Waals surface area contributed by atoms with Crippen LogP contribution >= 0.6 is 23.6 Å². The molecular formula is C25H29N5O3S2. The Kier molecular flexibility index (Phi) is 7.60. The molecule has 2 fully saturated rings. The van der Waals surface area contributed by atoms with E-state index in [1.807, 2.05) is 41.8 Å². The van der Waals surface area contributed by atoms with Crippen LogP contribution in [0.5, 0.6) is 0 Å². The van der Waals surface area contributed by atoms with Gasteiger partial charge in [0.1, 0.15) is 11.5 Å². The summed E-state index contributed by atoms with van der Waals surface area (Å²) in [6, 6.07) is 11.7. The number of morpholine rings is 1. The Bertz CT molecular complexity index is 1140. The Hall–Kier alpha value is -2.95. The van der Waals surface area contributed by atoms with E-state index in [2.05, 4.69) is 20.4 Å². The number of thiocarbonyl (C=S) groups is 1. The predicted molar refractivity (Wildman–Crippen MR) is 141 cm³/mol. The number of nitrogens with one attached hydrogen (secondary N) is 2. The highest BCUT2D eigenvalue weighted by Crippen LogP contribution is 2.31. The van der Waals surface area contributed by atoms with Gasteiger partial charge in [-0.2, -0.15) is 0 Å². The summed E-state index contributed by atoms with van der Waals surface area (Å²) in [5, 5.41) is 9.97. The van der Waals surface area contributed by atoms with Crippen molar-refractivity contribution < 1.29 is 13.9 Å². The quantitative estimate of drug-likeness (QED) is 0.479. The Labute approximate surface area is 214 Å². The van der Waals surface area contributed by atoms with Gasteiger partial charge in [0.05, 0.1) is 42.4 Å². The first-order valence-corrected chi connectivity index (χ1v) is 13.2. The summed E-state index contributed by atoms with van der Waals surface area (Å²) in [4.78, 5) is 22.1. The van der Waals surface area contributed by atoms with Crippen molar-refractivity contribution in [1.29, 1.82) is 0 Å². The minimum Gasteiger partial charge on any atom is -0.467 e. The molecule has 0 atom stereocenters. The maximum Gasteiger partial charge on any atom is 0.275 e. The van der Waals surface area contributed by atoms with Crippen molar-refractivity contribution in [2.75, 3.05) is 49.6 Å². The number of likely N-dealkylation sites (tertiary alicyclic amines) is 1. The van der Waals surface area contributed by atoms with Gasteiger partial charge in [-0.1, -0.05) is 12.1 Å². The van der Waals surface area contributed by atoms with Crippen LogP contribution in [0.1, 0.15) is 40.0 Å². The largest absolute Gasteiger partial charge is 0.467 e. The van der Waals surface area contributed by atoms with Gasteiger partial charge in [0.2, 0.25) is 0 Å². The van der Waals surface area contributed by atoms with Crippen molar-refractivity contribution >= 4 is 45.9 Å². The standard InChI is InChI=1S/C25H29N5O3S2/c31-23(27-20-5-1-2-6-22(20)29-11-14-32-15-12-29)21-17-35-24(28-21)18-7-9-30(10-8-18)25(34)26-16-19-4-3-13-33-19/h1-6,13,17-18H,7-12,14-16H2,(H,26,34)(H,27,31). The first kappa shape index (κ1) is 23.8. The third-order valence-electron chi connectivity index (χ3n) is 6.38. The smallest absolute Gasteiger partial charge is 0.275 e. The molecule has 10 heteroatoms. The van der Waals surface area contributed by atoms with Gasteiger partial charge in [-0.3, -0.25) is 4.79 Å². The van der Waals surface area contributed by atoms with Crippen LogP contribution in [0.25, 0.3) is 0 Å². The number of thiazole rings is 1. The van der Waals surface area contributed by atoms with E-state index in [9.17, 15) is 4.79 Å². The van der Waals surface area contributed by atoms with Crippen LogP contribution in [0.2, 0.25) is 0 Å². The second kappa shape index (κ2) is 11.2. The monoisotopic (exact) mass is 511 g/mol. The molecule has 0 unspecified atom stereocenters. The summed E-state index contributed by atoms with van der Waals surface area (Å²) in [5.74, 6) is 1.03. The highest BCUT2D eigenvalue weighted by Gasteiger charge is 2.25. The van der Waals surface area contributed by atoms with Gasteiger partial charge in [0, 0.05) is 37.5 Å². The van der Waals surface area contributed by atoms with Gasteiger partial charge in [-0.15, -0.1) is 11.3 Å². The first-order chi connectivity index (χ1) is 17.2. The highest BCUT2D eigenvalue weighted by molar-refractivity contribution is 7.80. The van der Waals surface area contributed by atoms with Gasteiger partial charge < -0.3 is 29.6 Å². The number of furan rings is 1. The van der Waals surface area contributed by atoms with Crippen molar-refractivity contribution in [1.82, 2.24) is 15.2 Å². The average molecular weight is 512 g/mol. The predicted octanol–water partition coefficient (Wildman–Crippen LogP) is 4.08. The molecule has 5 rings (SSSR count). The molecule has 4 heterocycles. The van der Waals surface area contributed by atoms with Crippen LogP contribution in [-0.4, -0.2) is 60.3 Å². The Morgan fingerprint density at radius 3 is 2.69 bits per heavy atom. The fourth-order valence-corrected chi connectivity index (χ4v) is 5.67. The number of amides is 1. The molecule has 3 aromatic rings. The topological polar surface area (TPSA) is 82.9 Å². The fraction of sp³-hybridized carbons (Fsp3) is 0.400. The molecule has 0 spiro atoms. The van der Waals surface area contributed by atoms with Crippen molar-refractivity contribution in [3.8, 4) is 0 Å². The third-order valence-corrected chi connectivity index (χ3v) is 7.79. The number of ether oxygens (including phenoxy) is 1. The van der Waals surface area contributed by atoms with Gasteiger partial charge in [0.25, 0.3) is 5.91 Å². The lowest BCUT2D eigenvalue weighted by Crippen LogP contribution is -2.43. The number of carbonyl (C=O) groups is 1. The van der Waals surface area contributed by atoms with Gasteiger partial charge in [-0.05, 0) is 49.3 Å². The minimum absolute atomic E-state index is 0.172. The molecule has 2 aliphatic heterocycles. The van der Waals surface area contributed by atoms with Crippen molar-refractivity contribution in [2.24, 2.45) is 0 Å². The zero-order chi connectivity index (χ0) is 24.0. The van der Waals surface area contributed by atoms with E-state index in [1.165, 1.54) is 0 Å². The lowest BCUT2D eigenvalue weighted by molar-refractivity contribution is 0.102. The lowest BCUT2D eigenvalue weighted by Gasteiger charge is -2.33. The number of hydrogen-bond acceptors (Lipinski definition) is 7. The van der Waals surface area contributed by atoms with Gasteiger partial charge >= 0.3 is 0 Å². The number of piperidine rings is 1. The normalized spacial score (nSPS) is 16.8. The second-order valence-corrected chi connectivity index (χ2v) is 9.92. The second-order valence-electron chi connectivity index (χ2n) is 8.64. The zero-order valence-electron chi connectivity index (χ0n) is 19.4. The van der Waals surface area contributed by atoms with Crippen LogP contribution in [0.15, 0.2) is 52.5 Å². The van der Waals surface area contributed by atoms with Crippen molar-refractivity contribution in [2.45, 2.75) is 25.3 Å². The van der Waals surface area contributed by atoms with E-state index in [-0.39, 0.29) is 5.91 Å². The number of aromatic nitrogens is 1. The number of nitrogens with zero attached hydrogens (tertiary/aromatic N) is 3. The number of anilines is 2. The summed E-state index contributed by atoms with van der Waals surface area (Å²) in [6.07, 6.45) is 3.57. The molecule has 8 nitrogen and oxygen atoms in total. The molecule has 35 heavy (non-hydrogen) atoms. The molecule has 1 aromatic carbocycles. The summed E-state index contributed by atoms with van der Waals surface area (Å²) in [5.41, 5.74) is 2.29. The summed E-state index contributed by atoms with van der Waals surface area (Å²) in [6.45, 7) is 5.34. The summed E-state index contributed by atoms with van der Waals surface area (Å²) in [7, 11) is 0. The maximum absolute atomic E-state index is 13.0. The van der Waals surface area contributed by atoms with E-state index in [4.69, 9.17) is 26.4 Å². The zero-order valence-corrected chi connectivity index (χ0v) is 21.1. The highest BCUT2D eigenvalue weighted by atomic mass is 32.1. The molecule has 2 N–H and O–H groups in total. The van der Waals surface area contributed by atoms with Crippen LogP contribution in [0.3, 0.4) is 0 Å². The summed E-state index contributed by atoms with van der Waals surface area (Å²) < 4.78 is 10.8. The molecule has 2 aromatic heterocycles. The van der Waals surface area contributed by atoms with Crippen molar-refractivity contribution in [3.05, 3.63) is 64.5 Å². The van der Waals surface area contributed by atoms with E-state index >= 15 is 0 Å². The molecule has 2 saturated heterocycles. The number of hydrogen-bond donors (Lipinski definition) is 2. The Balaban J connectivity index is 1.15. The van der Waals surface area contributed by atoms with Crippen LogP contribution in [0, 0.1) is 0 Å². The van der Waals surface area contributed by atoms with E-state index < -0.39 is 0 Å². The first-order valence-electron chi connectivity index (χ1n) is 11.9. The Morgan fingerprint density at radius 2 is 1.91 bits per heavy atom. The average Bonchev–Trinajstić information content (AvgIpc) is 3.61. The third kappa shape index (κ3) is 5.83. The number of carbonyl (C=O) groups excluding carboxylic acids is 1. The molecule has 0 radical (unpaired) electrons. The van der Waals surface area contributed by atoms with E-state index in [0.717, 1.165) is 66.3 Å². The molecule has 1 amide bonds. The molecule has 0 aliphatic carbocycles. The van der Waals surface area contributed by atoms with Crippen LogP contribution in [0.4, 0.5) is 11.4 Å².